The lowest BCUT2D eigenvalue weighted by molar-refractivity contribution is 0.0698. The van der Waals surface area contributed by atoms with Gasteiger partial charge in [0.15, 0.2) is 0 Å². The lowest BCUT2D eigenvalue weighted by Gasteiger charge is -2.28. The summed E-state index contributed by atoms with van der Waals surface area (Å²) < 4.78 is 0. The molecule has 1 saturated carbocycles. The number of hydrogen-bond acceptors (Lipinski definition) is 3. The number of carbonyl (C=O) groups is 1. The minimum absolute atomic E-state index is 0.194. The highest BCUT2D eigenvalue weighted by molar-refractivity contribution is 5.95. The van der Waals surface area contributed by atoms with Gasteiger partial charge in [-0.05, 0) is 50.3 Å². The van der Waals surface area contributed by atoms with Crippen LogP contribution in [0.3, 0.4) is 0 Å². The van der Waals surface area contributed by atoms with Crippen LogP contribution in [0.2, 0.25) is 0 Å². The van der Waals surface area contributed by atoms with Crippen LogP contribution in [-0.2, 0) is 0 Å². The Kier molecular flexibility index (Phi) is 3.20. The molecule has 0 amide bonds. The third kappa shape index (κ3) is 2.28. The molecule has 1 aliphatic rings. The van der Waals surface area contributed by atoms with Crippen molar-refractivity contribution in [3.63, 3.8) is 0 Å². The molecule has 1 aliphatic carbocycles. The van der Waals surface area contributed by atoms with E-state index in [1.54, 1.807) is 6.07 Å². The normalized spacial score (nSPS) is 16.4. The second-order valence-corrected chi connectivity index (χ2v) is 5.22. The quantitative estimate of drug-likeness (QED) is 0.803. The molecule has 4 nitrogen and oxygen atoms in total. The van der Waals surface area contributed by atoms with Crippen LogP contribution in [0.15, 0.2) is 12.1 Å². The van der Waals surface area contributed by atoms with Crippen molar-refractivity contribution in [2.75, 3.05) is 17.7 Å². The zero-order chi connectivity index (χ0) is 13.4. The number of carboxylic acid groups (broad SMARTS) is 1. The molecular weight excluding hydrogens is 228 g/mol. The molecular formula is C14H20N2O2. The molecule has 1 aromatic carbocycles. The largest absolute Gasteiger partial charge is 0.478 e. The first-order chi connectivity index (χ1) is 8.41. The van der Waals surface area contributed by atoms with E-state index in [1.807, 2.05) is 20.0 Å². The summed E-state index contributed by atoms with van der Waals surface area (Å²) in [6.45, 7) is 4.03. The molecule has 4 heteroatoms. The lowest BCUT2D eigenvalue weighted by Crippen LogP contribution is -2.30. The monoisotopic (exact) mass is 248 g/mol. The molecule has 98 valence electrons. The topological polar surface area (TPSA) is 66.6 Å². The minimum atomic E-state index is -0.968. The van der Waals surface area contributed by atoms with Crippen LogP contribution in [0.1, 0.15) is 35.7 Å². The van der Waals surface area contributed by atoms with Crippen LogP contribution >= 0.6 is 0 Å². The van der Waals surface area contributed by atoms with Crippen LogP contribution in [-0.4, -0.2) is 24.2 Å². The highest BCUT2D eigenvalue weighted by atomic mass is 16.4. The van der Waals surface area contributed by atoms with Crippen molar-refractivity contribution in [2.45, 2.75) is 32.7 Å². The first-order valence-electron chi connectivity index (χ1n) is 6.28. The number of nitrogen functional groups attached to an aromatic ring is 1. The van der Waals surface area contributed by atoms with E-state index in [9.17, 15) is 4.79 Å². The molecule has 0 aromatic heterocycles. The van der Waals surface area contributed by atoms with Crippen molar-refractivity contribution in [1.29, 1.82) is 0 Å². The number of carboxylic acids is 1. The zero-order valence-electron chi connectivity index (χ0n) is 11.1. The molecule has 18 heavy (non-hydrogen) atoms. The van der Waals surface area contributed by atoms with Crippen molar-refractivity contribution in [3.05, 3.63) is 23.3 Å². The van der Waals surface area contributed by atoms with E-state index in [1.165, 1.54) is 12.8 Å². The number of nitrogens with two attached hydrogens (primary N) is 1. The van der Waals surface area contributed by atoms with Gasteiger partial charge in [0.1, 0.15) is 0 Å². The lowest BCUT2D eigenvalue weighted by atomic mass is 10.0. The third-order valence-electron chi connectivity index (χ3n) is 3.92. The van der Waals surface area contributed by atoms with E-state index in [0.717, 1.165) is 17.2 Å². The number of hydrogen-bond donors (Lipinski definition) is 2. The predicted molar refractivity (Wildman–Crippen MR) is 73.1 cm³/mol. The molecule has 2 rings (SSSR count). The van der Waals surface area contributed by atoms with Gasteiger partial charge in [-0.3, -0.25) is 0 Å². The highest BCUT2D eigenvalue weighted by Gasteiger charge is 2.31. The molecule has 0 saturated heterocycles. The molecule has 1 aromatic rings. The maximum Gasteiger partial charge on any atom is 0.337 e. The molecule has 1 fully saturated rings. The average molecular weight is 248 g/mol. The number of aryl methyl sites for hydroxylation is 1. The number of rotatable bonds is 4. The smallest absolute Gasteiger partial charge is 0.337 e. The van der Waals surface area contributed by atoms with Gasteiger partial charge in [-0.2, -0.15) is 0 Å². The predicted octanol–water partition coefficient (Wildman–Crippen LogP) is 2.51. The minimum Gasteiger partial charge on any atom is -0.478 e. The van der Waals surface area contributed by atoms with E-state index in [2.05, 4.69) is 11.8 Å². The van der Waals surface area contributed by atoms with Gasteiger partial charge >= 0.3 is 5.97 Å². The Morgan fingerprint density at radius 1 is 1.50 bits per heavy atom. The molecule has 1 atom stereocenters. The fourth-order valence-corrected chi connectivity index (χ4v) is 2.29. The Hall–Kier alpha value is -1.71. The summed E-state index contributed by atoms with van der Waals surface area (Å²) in [4.78, 5) is 13.3. The average Bonchev–Trinajstić information content (AvgIpc) is 3.14. The van der Waals surface area contributed by atoms with E-state index in [-0.39, 0.29) is 5.56 Å². The van der Waals surface area contributed by atoms with Gasteiger partial charge in [0, 0.05) is 24.5 Å². The Morgan fingerprint density at radius 2 is 2.11 bits per heavy atom. The fourth-order valence-electron chi connectivity index (χ4n) is 2.29. The summed E-state index contributed by atoms with van der Waals surface area (Å²) in [6.07, 6.45) is 2.54. The summed E-state index contributed by atoms with van der Waals surface area (Å²) in [7, 11) is 2.01. The molecule has 0 heterocycles. The molecule has 0 spiro atoms. The van der Waals surface area contributed by atoms with Crippen molar-refractivity contribution in [3.8, 4) is 0 Å². The number of anilines is 2. The van der Waals surface area contributed by atoms with Crippen LogP contribution in [0.25, 0.3) is 0 Å². The first kappa shape index (κ1) is 12.7. The van der Waals surface area contributed by atoms with E-state index in [0.29, 0.717) is 11.7 Å². The molecule has 0 bridgehead atoms. The van der Waals surface area contributed by atoms with Crippen molar-refractivity contribution < 1.29 is 9.90 Å². The SMILES string of the molecule is Cc1cc(N(C)C(C)C2CC2)cc(C(=O)O)c1N. The summed E-state index contributed by atoms with van der Waals surface area (Å²) >= 11 is 0. The molecule has 0 radical (unpaired) electrons. The van der Waals surface area contributed by atoms with Crippen molar-refractivity contribution >= 4 is 17.3 Å². The van der Waals surface area contributed by atoms with Crippen molar-refractivity contribution in [2.24, 2.45) is 5.92 Å². The first-order valence-corrected chi connectivity index (χ1v) is 6.28. The second kappa shape index (κ2) is 4.52. The number of benzene rings is 1. The van der Waals surface area contributed by atoms with Gasteiger partial charge in [0.05, 0.1) is 5.56 Å². The van der Waals surface area contributed by atoms with Crippen LogP contribution < -0.4 is 10.6 Å². The van der Waals surface area contributed by atoms with E-state index in [4.69, 9.17) is 10.8 Å². The van der Waals surface area contributed by atoms with Gasteiger partial charge in [-0.25, -0.2) is 4.79 Å². The Balaban J connectivity index is 2.35. The van der Waals surface area contributed by atoms with E-state index >= 15 is 0 Å². The number of nitrogens with zero attached hydrogens (tertiary/aromatic N) is 1. The van der Waals surface area contributed by atoms with Crippen LogP contribution in [0, 0.1) is 12.8 Å². The highest BCUT2D eigenvalue weighted by Crippen LogP contribution is 2.37. The van der Waals surface area contributed by atoms with Gasteiger partial charge in [-0.1, -0.05) is 0 Å². The van der Waals surface area contributed by atoms with E-state index < -0.39 is 5.97 Å². The standard InChI is InChI=1S/C14H20N2O2/c1-8-6-11(7-12(13(8)15)14(17)18)16(3)9(2)10-4-5-10/h6-7,9-10H,4-5,15H2,1-3H3,(H,17,18). The van der Waals surface area contributed by atoms with Gasteiger partial charge in [0.2, 0.25) is 0 Å². The molecule has 1 unspecified atom stereocenters. The summed E-state index contributed by atoms with van der Waals surface area (Å²) in [5.41, 5.74) is 8.10. The zero-order valence-corrected chi connectivity index (χ0v) is 11.1. The molecule has 0 aliphatic heterocycles. The Labute approximate surface area is 107 Å². The van der Waals surface area contributed by atoms with Gasteiger partial charge in [-0.15, -0.1) is 0 Å². The third-order valence-corrected chi connectivity index (χ3v) is 3.92. The summed E-state index contributed by atoms with van der Waals surface area (Å²) in [6, 6.07) is 4.07. The Morgan fingerprint density at radius 3 is 2.61 bits per heavy atom. The number of aromatic carboxylic acids is 1. The summed E-state index contributed by atoms with van der Waals surface area (Å²) in [5.74, 6) is -0.230. The van der Waals surface area contributed by atoms with Crippen LogP contribution in [0.4, 0.5) is 11.4 Å². The second-order valence-electron chi connectivity index (χ2n) is 5.22. The van der Waals surface area contributed by atoms with Crippen LogP contribution in [0.5, 0.6) is 0 Å². The molecule has 3 N–H and O–H groups in total. The van der Waals surface area contributed by atoms with Gasteiger partial charge in [0.25, 0.3) is 0 Å². The van der Waals surface area contributed by atoms with Gasteiger partial charge < -0.3 is 15.7 Å². The maximum absolute atomic E-state index is 11.2. The Bertz CT molecular complexity index is 481. The summed E-state index contributed by atoms with van der Waals surface area (Å²) in [5, 5.41) is 9.16. The fraction of sp³-hybridized carbons (Fsp3) is 0.500. The van der Waals surface area contributed by atoms with Crippen molar-refractivity contribution in [1.82, 2.24) is 0 Å². The maximum atomic E-state index is 11.2.